The van der Waals surface area contributed by atoms with E-state index in [0.29, 0.717) is 6.04 Å². The van der Waals surface area contributed by atoms with Crippen LogP contribution in [0.1, 0.15) is 27.7 Å². The van der Waals surface area contributed by atoms with Gasteiger partial charge in [0.1, 0.15) is 0 Å². The molecule has 0 amide bonds. The number of aryl methyl sites for hydroxylation is 1. The van der Waals surface area contributed by atoms with Gasteiger partial charge in [-0.2, -0.15) is 0 Å². The molecular weight excluding hydrogens is 238 g/mol. The van der Waals surface area contributed by atoms with Crippen LogP contribution in [-0.4, -0.2) is 16.5 Å². The molecule has 3 nitrogen and oxygen atoms in total. The fraction of sp³-hybridized carbons (Fsp3) is 0.455. The molecule has 0 aliphatic heterocycles. The topological polar surface area (TPSA) is 37.8 Å². The molecule has 2 aromatic rings. The molecule has 5 heteroatoms. The molecule has 16 heavy (non-hydrogen) atoms. The number of nitrogens with one attached hydrogen (secondary N) is 1. The van der Waals surface area contributed by atoms with Crippen molar-refractivity contribution < 1.29 is 0 Å². The molecule has 2 aromatic heterocycles. The van der Waals surface area contributed by atoms with Crippen molar-refractivity contribution in [2.45, 2.75) is 26.3 Å². The van der Waals surface area contributed by atoms with Crippen molar-refractivity contribution in [3.05, 3.63) is 32.7 Å². The van der Waals surface area contributed by atoms with Crippen LogP contribution < -0.4 is 5.32 Å². The van der Waals surface area contributed by atoms with Crippen molar-refractivity contribution in [3.8, 4) is 0 Å². The van der Waals surface area contributed by atoms with Gasteiger partial charge in [-0.15, -0.1) is 22.7 Å². The van der Waals surface area contributed by atoms with Crippen molar-refractivity contribution >= 4 is 22.7 Å². The molecule has 0 radical (unpaired) electrons. The van der Waals surface area contributed by atoms with E-state index >= 15 is 0 Å². The number of nitrogens with zero attached hydrogens (tertiary/aromatic N) is 2. The quantitative estimate of drug-likeness (QED) is 0.890. The summed E-state index contributed by atoms with van der Waals surface area (Å²) in [6.07, 6.45) is 4.87. The molecule has 1 N–H and O–H groups in total. The number of rotatable bonds is 5. The molecule has 2 rings (SSSR count). The molecule has 0 bridgehead atoms. The summed E-state index contributed by atoms with van der Waals surface area (Å²) in [5.74, 6) is 0. The summed E-state index contributed by atoms with van der Waals surface area (Å²) in [7, 11) is 0. The highest BCUT2D eigenvalue weighted by Crippen LogP contribution is 2.16. The maximum absolute atomic E-state index is 4.34. The minimum atomic E-state index is 0.383. The molecular formula is C11H15N3S2. The zero-order valence-corrected chi connectivity index (χ0v) is 11.1. The van der Waals surface area contributed by atoms with Crippen LogP contribution in [0.15, 0.2) is 17.9 Å². The van der Waals surface area contributed by atoms with Gasteiger partial charge >= 0.3 is 0 Å². The molecule has 0 saturated heterocycles. The Morgan fingerprint density at radius 3 is 2.94 bits per heavy atom. The number of aromatic nitrogens is 2. The lowest BCUT2D eigenvalue weighted by Crippen LogP contribution is -2.20. The van der Waals surface area contributed by atoms with E-state index in [2.05, 4.69) is 29.1 Å². The van der Waals surface area contributed by atoms with Gasteiger partial charge in [-0.25, -0.2) is 4.98 Å². The van der Waals surface area contributed by atoms with Gasteiger partial charge in [0.2, 0.25) is 0 Å². The van der Waals surface area contributed by atoms with Crippen LogP contribution >= 0.6 is 22.7 Å². The highest BCUT2D eigenvalue weighted by Gasteiger charge is 2.06. The third kappa shape index (κ3) is 3.10. The highest BCUT2D eigenvalue weighted by molar-refractivity contribution is 7.11. The first-order chi connectivity index (χ1) is 7.75. The van der Waals surface area contributed by atoms with Gasteiger partial charge in [0, 0.05) is 41.2 Å². The Hall–Kier alpha value is -0.780. The van der Waals surface area contributed by atoms with Gasteiger partial charge in [-0.3, -0.25) is 4.98 Å². The van der Waals surface area contributed by atoms with E-state index in [1.165, 1.54) is 14.8 Å². The first kappa shape index (κ1) is 11.7. The zero-order valence-electron chi connectivity index (χ0n) is 9.43. The standard InChI is InChI=1S/C11H15N3S2/c1-8-5-14-11(16-8)3-4-13-9(2)10-6-12-7-15-10/h5-7,9,13H,3-4H2,1-2H3. The number of thiazole rings is 2. The van der Waals surface area contributed by atoms with Gasteiger partial charge in [0.05, 0.1) is 10.5 Å². The molecule has 0 spiro atoms. The number of hydrogen-bond donors (Lipinski definition) is 1. The lowest BCUT2D eigenvalue weighted by molar-refractivity contribution is 0.583. The van der Waals surface area contributed by atoms with Crippen LogP contribution in [0.25, 0.3) is 0 Å². The van der Waals surface area contributed by atoms with Crippen LogP contribution in [0.5, 0.6) is 0 Å². The van der Waals surface area contributed by atoms with Gasteiger partial charge in [-0.1, -0.05) is 0 Å². The van der Waals surface area contributed by atoms with Gasteiger partial charge in [0.25, 0.3) is 0 Å². The molecule has 86 valence electrons. The Morgan fingerprint density at radius 2 is 2.31 bits per heavy atom. The predicted octanol–water partition coefficient (Wildman–Crippen LogP) is 2.80. The van der Waals surface area contributed by atoms with Crippen LogP contribution in [0, 0.1) is 6.92 Å². The van der Waals surface area contributed by atoms with E-state index in [9.17, 15) is 0 Å². The van der Waals surface area contributed by atoms with Crippen molar-refractivity contribution in [2.24, 2.45) is 0 Å². The molecule has 1 unspecified atom stereocenters. The maximum atomic E-state index is 4.34. The van der Waals surface area contributed by atoms with E-state index in [1.807, 2.05) is 17.9 Å². The fourth-order valence-corrected chi connectivity index (χ4v) is 2.89. The van der Waals surface area contributed by atoms with Gasteiger partial charge in [-0.05, 0) is 13.8 Å². The minimum Gasteiger partial charge on any atom is -0.309 e. The smallest absolute Gasteiger partial charge is 0.0940 e. The summed E-state index contributed by atoms with van der Waals surface area (Å²) in [6.45, 7) is 5.22. The van der Waals surface area contributed by atoms with Crippen molar-refractivity contribution in [3.63, 3.8) is 0 Å². The van der Waals surface area contributed by atoms with Crippen LogP contribution in [0.4, 0.5) is 0 Å². The average Bonchev–Trinajstić information content (AvgIpc) is 2.89. The monoisotopic (exact) mass is 253 g/mol. The van der Waals surface area contributed by atoms with Gasteiger partial charge in [0.15, 0.2) is 0 Å². The third-order valence-electron chi connectivity index (χ3n) is 2.34. The molecule has 0 aliphatic rings. The second-order valence-corrected chi connectivity index (χ2v) is 5.93. The summed E-state index contributed by atoms with van der Waals surface area (Å²) in [5.41, 5.74) is 1.87. The molecule has 2 heterocycles. The molecule has 0 saturated carbocycles. The Morgan fingerprint density at radius 1 is 1.44 bits per heavy atom. The summed E-state index contributed by atoms with van der Waals surface area (Å²) in [4.78, 5) is 11.0. The second kappa shape index (κ2) is 5.52. The lowest BCUT2D eigenvalue weighted by Gasteiger charge is -2.10. The maximum Gasteiger partial charge on any atom is 0.0940 e. The lowest BCUT2D eigenvalue weighted by atomic mass is 10.3. The Bertz CT molecular complexity index is 422. The largest absolute Gasteiger partial charge is 0.309 e. The normalized spacial score (nSPS) is 12.9. The van der Waals surface area contributed by atoms with Crippen LogP contribution in [-0.2, 0) is 6.42 Å². The zero-order chi connectivity index (χ0) is 11.4. The minimum absolute atomic E-state index is 0.383. The van der Waals surface area contributed by atoms with Gasteiger partial charge < -0.3 is 5.32 Å². The Kier molecular flexibility index (Phi) is 4.04. The Labute approximate surface area is 104 Å². The summed E-state index contributed by atoms with van der Waals surface area (Å²) < 4.78 is 0. The highest BCUT2D eigenvalue weighted by atomic mass is 32.1. The van der Waals surface area contributed by atoms with E-state index < -0.39 is 0 Å². The molecule has 0 fully saturated rings. The first-order valence-electron chi connectivity index (χ1n) is 5.29. The third-order valence-corrected chi connectivity index (χ3v) is 4.27. The van der Waals surface area contributed by atoms with E-state index in [1.54, 1.807) is 22.7 Å². The van der Waals surface area contributed by atoms with Crippen LogP contribution in [0.2, 0.25) is 0 Å². The van der Waals surface area contributed by atoms with Crippen molar-refractivity contribution in [1.29, 1.82) is 0 Å². The predicted molar refractivity (Wildman–Crippen MR) is 69.1 cm³/mol. The fourth-order valence-electron chi connectivity index (χ4n) is 1.45. The average molecular weight is 253 g/mol. The van der Waals surface area contributed by atoms with E-state index in [-0.39, 0.29) is 0 Å². The summed E-state index contributed by atoms with van der Waals surface area (Å²) >= 11 is 3.47. The molecule has 1 atom stereocenters. The van der Waals surface area contributed by atoms with E-state index in [0.717, 1.165) is 13.0 Å². The van der Waals surface area contributed by atoms with Crippen LogP contribution in [0.3, 0.4) is 0 Å². The van der Waals surface area contributed by atoms with Crippen molar-refractivity contribution in [1.82, 2.24) is 15.3 Å². The molecule has 0 aromatic carbocycles. The second-order valence-electron chi connectivity index (χ2n) is 3.69. The SMILES string of the molecule is Cc1cnc(CCNC(C)c2cncs2)s1. The summed E-state index contributed by atoms with van der Waals surface area (Å²) in [6, 6.07) is 0.383. The van der Waals surface area contributed by atoms with Crippen molar-refractivity contribution in [2.75, 3.05) is 6.54 Å². The number of hydrogen-bond acceptors (Lipinski definition) is 5. The summed E-state index contributed by atoms with van der Waals surface area (Å²) in [5, 5.41) is 4.69. The Balaban J connectivity index is 1.76. The first-order valence-corrected chi connectivity index (χ1v) is 6.98. The molecule has 0 aliphatic carbocycles. The van der Waals surface area contributed by atoms with E-state index in [4.69, 9.17) is 0 Å².